The van der Waals surface area contributed by atoms with Crippen molar-refractivity contribution in [2.24, 2.45) is 5.73 Å². The van der Waals surface area contributed by atoms with E-state index < -0.39 is 11.2 Å². The van der Waals surface area contributed by atoms with Crippen LogP contribution in [0.15, 0.2) is 52.9 Å². The Labute approximate surface area is 159 Å². The fourth-order valence-electron chi connectivity index (χ4n) is 2.66. The predicted octanol–water partition coefficient (Wildman–Crippen LogP) is 3.59. The second kappa shape index (κ2) is 7.47. The maximum atomic E-state index is 13.1. The highest BCUT2D eigenvalue weighted by molar-refractivity contribution is 8.00. The molecule has 0 bridgehead atoms. The number of hydrogen-bond donors (Lipinski definition) is 1. The summed E-state index contributed by atoms with van der Waals surface area (Å²) in [7, 11) is 0. The first kappa shape index (κ1) is 18.4. The summed E-state index contributed by atoms with van der Waals surface area (Å²) < 4.78 is 1.55. The highest BCUT2D eigenvalue weighted by Gasteiger charge is 2.21. The van der Waals surface area contributed by atoms with Crippen molar-refractivity contribution in [2.45, 2.75) is 30.8 Å². The summed E-state index contributed by atoms with van der Waals surface area (Å²) in [6.07, 6.45) is 1.65. The van der Waals surface area contributed by atoms with Gasteiger partial charge in [-0.15, -0.1) is 17.9 Å². The van der Waals surface area contributed by atoms with Gasteiger partial charge in [-0.1, -0.05) is 48.2 Å². The number of carbonyl (C=O) groups is 1. The van der Waals surface area contributed by atoms with Gasteiger partial charge in [-0.05, 0) is 25.0 Å². The number of allylic oxidation sites excluding steroid dienone is 1. The molecule has 0 spiro atoms. The number of thioether (sulfide) groups is 1. The largest absolute Gasteiger partial charge is 0.369 e. The molecule has 0 aliphatic heterocycles. The van der Waals surface area contributed by atoms with Crippen LogP contribution in [-0.4, -0.2) is 20.7 Å². The number of thiophene rings is 1. The number of hydrogen-bond acceptors (Lipinski definition) is 5. The fraction of sp³-hybridized carbons (Fsp3) is 0.211. The van der Waals surface area contributed by atoms with Crippen LogP contribution in [0.2, 0.25) is 0 Å². The minimum atomic E-state index is -0.481. The molecule has 2 aromatic heterocycles. The van der Waals surface area contributed by atoms with Crippen LogP contribution in [0.3, 0.4) is 0 Å². The molecular weight excluding hydrogens is 366 g/mol. The van der Waals surface area contributed by atoms with Crippen molar-refractivity contribution >= 4 is 39.2 Å². The van der Waals surface area contributed by atoms with Gasteiger partial charge in [0, 0.05) is 11.4 Å². The standard InChI is InChI=1S/C19H19N3O2S2/c1-4-10-22-18(24)14-11(2)15(13-8-6-5-7-9-13)26-17(14)21-19(22)25-12(3)16(20)23/h4-9,12H,1,10H2,2-3H3,(H2,20,23)/t12-/m0/s1. The smallest absolute Gasteiger partial charge is 0.263 e. The molecule has 2 heterocycles. The minimum Gasteiger partial charge on any atom is -0.369 e. The first-order chi connectivity index (χ1) is 12.4. The van der Waals surface area contributed by atoms with Crippen molar-refractivity contribution in [1.82, 2.24) is 9.55 Å². The molecule has 3 rings (SSSR count). The summed E-state index contributed by atoms with van der Waals surface area (Å²) in [5.41, 5.74) is 7.23. The van der Waals surface area contributed by atoms with Crippen LogP contribution in [0.4, 0.5) is 0 Å². The first-order valence-corrected chi connectivity index (χ1v) is 9.80. The summed E-state index contributed by atoms with van der Waals surface area (Å²) in [5.74, 6) is -0.443. The van der Waals surface area contributed by atoms with Gasteiger partial charge >= 0.3 is 0 Å². The third-order valence-corrected chi connectivity index (χ3v) is 6.39. The molecule has 7 heteroatoms. The zero-order valence-corrected chi connectivity index (χ0v) is 16.2. The predicted molar refractivity (Wildman–Crippen MR) is 109 cm³/mol. The molecule has 0 unspecified atom stereocenters. The SMILES string of the molecule is C=CCn1c(S[C@@H](C)C(N)=O)nc2sc(-c3ccccc3)c(C)c2c1=O. The molecule has 26 heavy (non-hydrogen) atoms. The second-order valence-electron chi connectivity index (χ2n) is 5.86. The van der Waals surface area contributed by atoms with Gasteiger partial charge in [0.1, 0.15) is 4.83 Å². The van der Waals surface area contributed by atoms with Crippen LogP contribution in [-0.2, 0) is 11.3 Å². The highest BCUT2D eigenvalue weighted by atomic mass is 32.2. The minimum absolute atomic E-state index is 0.120. The van der Waals surface area contributed by atoms with Gasteiger partial charge in [0.05, 0.1) is 10.6 Å². The zero-order valence-electron chi connectivity index (χ0n) is 14.6. The van der Waals surface area contributed by atoms with E-state index in [-0.39, 0.29) is 5.56 Å². The average molecular weight is 386 g/mol. The van der Waals surface area contributed by atoms with Gasteiger partial charge in [0.25, 0.3) is 5.56 Å². The van der Waals surface area contributed by atoms with Crippen LogP contribution in [0.1, 0.15) is 12.5 Å². The monoisotopic (exact) mass is 385 g/mol. The molecule has 0 fully saturated rings. The van der Waals surface area contributed by atoms with Crippen molar-refractivity contribution < 1.29 is 4.79 Å². The number of amides is 1. The number of benzene rings is 1. The maximum absolute atomic E-state index is 13.1. The van der Waals surface area contributed by atoms with E-state index in [0.29, 0.717) is 21.9 Å². The van der Waals surface area contributed by atoms with Gasteiger partial charge in [-0.3, -0.25) is 14.2 Å². The third kappa shape index (κ3) is 3.32. The first-order valence-electron chi connectivity index (χ1n) is 8.10. The van der Waals surface area contributed by atoms with Crippen LogP contribution >= 0.6 is 23.1 Å². The molecule has 1 aromatic carbocycles. The number of nitrogens with two attached hydrogens (primary N) is 1. The average Bonchev–Trinajstić information content (AvgIpc) is 2.95. The Balaban J connectivity index is 2.24. The number of primary amides is 1. The summed E-state index contributed by atoms with van der Waals surface area (Å²) >= 11 is 2.68. The topological polar surface area (TPSA) is 78.0 Å². The van der Waals surface area contributed by atoms with Gasteiger partial charge in [0.2, 0.25) is 5.91 Å². The molecule has 134 valence electrons. The van der Waals surface area contributed by atoms with Crippen LogP contribution in [0.5, 0.6) is 0 Å². The quantitative estimate of drug-likeness (QED) is 0.400. The molecule has 5 nitrogen and oxygen atoms in total. The number of aryl methyl sites for hydroxylation is 1. The number of carbonyl (C=O) groups excluding carboxylic acids is 1. The van der Waals surface area contributed by atoms with Crippen LogP contribution in [0.25, 0.3) is 20.7 Å². The molecule has 2 N–H and O–H groups in total. The Bertz CT molecular complexity index is 1040. The van der Waals surface area contributed by atoms with E-state index in [1.807, 2.05) is 37.3 Å². The van der Waals surface area contributed by atoms with Crippen molar-refractivity contribution in [1.29, 1.82) is 0 Å². The molecule has 1 amide bonds. The van der Waals surface area contributed by atoms with Crippen molar-refractivity contribution in [3.63, 3.8) is 0 Å². The molecule has 0 aliphatic rings. The Morgan fingerprint density at radius 2 is 2.12 bits per heavy atom. The van der Waals surface area contributed by atoms with Gasteiger partial charge in [0.15, 0.2) is 5.16 Å². The molecule has 1 atom stereocenters. The molecule has 3 aromatic rings. The molecule has 0 saturated heterocycles. The molecular formula is C19H19N3O2S2. The summed E-state index contributed by atoms with van der Waals surface area (Å²) in [4.78, 5) is 30.9. The van der Waals surface area contributed by atoms with Crippen molar-refractivity contribution in [2.75, 3.05) is 0 Å². The Kier molecular flexibility index (Phi) is 5.29. The normalized spacial score (nSPS) is 12.2. The van der Waals surface area contributed by atoms with E-state index in [0.717, 1.165) is 16.0 Å². The Morgan fingerprint density at radius 1 is 1.42 bits per heavy atom. The highest BCUT2D eigenvalue weighted by Crippen LogP contribution is 2.36. The lowest BCUT2D eigenvalue weighted by molar-refractivity contribution is -0.117. The van der Waals surface area contributed by atoms with Crippen LogP contribution in [0, 0.1) is 6.92 Å². The summed E-state index contributed by atoms with van der Waals surface area (Å²) in [6, 6.07) is 9.94. The van der Waals surface area contributed by atoms with Gasteiger partial charge in [-0.2, -0.15) is 0 Å². The summed E-state index contributed by atoms with van der Waals surface area (Å²) in [6.45, 7) is 7.70. The lowest BCUT2D eigenvalue weighted by atomic mass is 10.1. The maximum Gasteiger partial charge on any atom is 0.263 e. The van der Waals surface area contributed by atoms with E-state index in [2.05, 4.69) is 11.6 Å². The lowest BCUT2D eigenvalue weighted by Crippen LogP contribution is -2.27. The van der Waals surface area contributed by atoms with E-state index in [1.165, 1.54) is 23.1 Å². The lowest BCUT2D eigenvalue weighted by Gasteiger charge is -2.12. The zero-order chi connectivity index (χ0) is 18.8. The van der Waals surface area contributed by atoms with Gasteiger partial charge in [-0.25, -0.2) is 4.98 Å². The van der Waals surface area contributed by atoms with E-state index in [1.54, 1.807) is 17.6 Å². The number of aromatic nitrogens is 2. The Morgan fingerprint density at radius 3 is 2.73 bits per heavy atom. The van der Waals surface area contributed by atoms with Crippen molar-refractivity contribution in [3.8, 4) is 10.4 Å². The fourth-order valence-corrected chi connectivity index (χ4v) is 4.75. The number of nitrogens with zero attached hydrogens (tertiary/aromatic N) is 2. The van der Waals surface area contributed by atoms with E-state index >= 15 is 0 Å². The van der Waals surface area contributed by atoms with Gasteiger partial charge < -0.3 is 5.73 Å². The Hall–Kier alpha value is -2.38. The second-order valence-corrected chi connectivity index (χ2v) is 8.17. The summed E-state index contributed by atoms with van der Waals surface area (Å²) in [5, 5.41) is 0.617. The van der Waals surface area contributed by atoms with Crippen LogP contribution < -0.4 is 11.3 Å². The van der Waals surface area contributed by atoms with E-state index in [9.17, 15) is 9.59 Å². The van der Waals surface area contributed by atoms with Crippen molar-refractivity contribution in [3.05, 3.63) is 58.9 Å². The van der Waals surface area contributed by atoms with E-state index in [4.69, 9.17) is 5.73 Å². The number of fused-ring (bicyclic) bond motifs is 1. The third-order valence-electron chi connectivity index (χ3n) is 4.05. The number of rotatable bonds is 6. The molecule has 0 saturated carbocycles. The molecule has 0 radical (unpaired) electrons. The molecule has 0 aliphatic carbocycles.